The Morgan fingerprint density at radius 2 is 2.04 bits per heavy atom. The highest BCUT2D eigenvalue weighted by Gasteiger charge is 2.33. The molecule has 132 valence electrons. The van der Waals surface area contributed by atoms with E-state index in [-0.39, 0.29) is 17.0 Å². The second-order valence-corrected chi connectivity index (χ2v) is 6.49. The molecule has 0 aliphatic heterocycles. The van der Waals surface area contributed by atoms with Crippen molar-refractivity contribution in [3.63, 3.8) is 0 Å². The summed E-state index contributed by atoms with van der Waals surface area (Å²) in [7, 11) is 0. The molecule has 25 heavy (non-hydrogen) atoms. The van der Waals surface area contributed by atoms with E-state index in [4.69, 9.17) is 0 Å². The van der Waals surface area contributed by atoms with E-state index in [0.29, 0.717) is 17.1 Å². The van der Waals surface area contributed by atoms with Crippen LogP contribution >= 0.6 is 11.8 Å². The maximum atomic E-state index is 12.9. The molecule has 1 heterocycles. The van der Waals surface area contributed by atoms with Crippen molar-refractivity contribution < 1.29 is 18.0 Å². The average molecular weight is 369 g/mol. The van der Waals surface area contributed by atoms with E-state index in [1.807, 2.05) is 0 Å². The molecule has 0 radical (unpaired) electrons. The Kier molecular flexibility index (Phi) is 4.85. The lowest BCUT2D eigenvalue weighted by atomic mass is 10.1. The summed E-state index contributed by atoms with van der Waals surface area (Å²) < 4.78 is 38.7. The van der Waals surface area contributed by atoms with E-state index >= 15 is 0 Å². The lowest BCUT2D eigenvalue weighted by molar-refractivity contribution is -0.137. The standard InChI is InChI=1S/C16H14F3N3O2S/c17-16(18,19)10-5-1-2-6-12(10)20-13(23)8-25-15-21-11-7-3-4-9(11)14(24)22-15/h1-2,5-6H,3-4,7-8H2,(H,20,23)(H,21,22,24). The number of anilines is 1. The molecular formula is C16H14F3N3O2S. The molecule has 2 aromatic rings. The Bertz CT molecular complexity index is 864. The second kappa shape index (κ2) is 6.91. The fraction of sp³-hybridized carbons (Fsp3) is 0.312. The lowest BCUT2D eigenvalue weighted by Crippen LogP contribution is -2.19. The number of halogens is 3. The number of aryl methyl sites for hydroxylation is 1. The number of hydrogen-bond acceptors (Lipinski definition) is 4. The molecule has 2 N–H and O–H groups in total. The molecule has 1 amide bonds. The van der Waals surface area contributed by atoms with Crippen molar-refractivity contribution >= 4 is 23.4 Å². The lowest BCUT2D eigenvalue weighted by Gasteiger charge is -2.13. The number of nitrogens with zero attached hydrogens (tertiary/aromatic N) is 1. The summed E-state index contributed by atoms with van der Waals surface area (Å²) in [5.41, 5.74) is -0.0109. The predicted octanol–water partition coefficient (Wildman–Crippen LogP) is 3.01. The van der Waals surface area contributed by atoms with Crippen LogP contribution < -0.4 is 10.9 Å². The van der Waals surface area contributed by atoms with E-state index in [0.717, 1.165) is 36.4 Å². The third kappa shape index (κ3) is 4.04. The summed E-state index contributed by atoms with van der Waals surface area (Å²) in [6.45, 7) is 0. The molecule has 3 rings (SSSR count). The number of alkyl halides is 3. The molecule has 9 heteroatoms. The van der Waals surface area contributed by atoms with Gasteiger partial charge >= 0.3 is 6.18 Å². The Morgan fingerprint density at radius 1 is 1.28 bits per heavy atom. The number of para-hydroxylation sites is 1. The number of carbonyl (C=O) groups excluding carboxylic acids is 1. The number of rotatable bonds is 4. The first-order valence-electron chi connectivity index (χ1n) is 7.55. The quantitative estimate of drug-likeness (QED) is 0.642. The maximum absolute atomic E-state index is 12.9. The zero-order chi connectivity index (χ0) is 18.0. The Morgan fingerprint density at radius 3 is 2.80 bits per heavy atom. The number of benzene rings is 1. The number of fused-ring (bicyclic) bond motifs is 1. The molecule has 0 saturated carbocycles. The monoisotopic (exact) mass is 369 g/mol. The number of amides is 1. The van der Waals surface area contributed by atoms with Crippen LogP contribution in [-0.2, 0) is 23.8 Å². The third-order valence-electron chi connectivity index (χ3n) is 3.77. The second-order valence-electron chi connectivity index (χ2n) is 5.53. The largest absolute Gasteiger partial charge is 0.418 e. The van der Waals surface area contributed by atoms with Crippen molar-refractivity contribution in [2.45, 2.75) is 30.6 Å². The van der Waals surface area contributed by atoms with Crippen LogP contribution in [0.25, 0.3) is 0 Å². The van der Waals surface area contributed by atoms with Gasteiger partial charge in [0.25, 0.3) is 5.56 Å². The summed E-state index contributed by atoms with van der Waals surface area (Å²) in [5, 5.41) is 2.55. The molecule has 0 bridgehead atoms. The number of nitrogens with one attached hydrogen (secondary N) is 2. The van der Waals surface area contributed by atoms with Gasteiger partial charge in [-0.3, -0.25) is 9.59 Å². The smallest absolute Gasteiger partial charge is 0.325 e. The van der Waals surface area contributed by atoms with Gasteiger partial charge in [-0.25, -0.2) is 4.98 Å². The van der Waals surface area contributed by atoms with Crippen molar-refractivity contribution in [1.82, 2.24) is 9.97 Å². The molecule has 0 atom stereocenters. The Balaban J connectivity index is 1.67. The number of hydrogen-bond donors (Lipinski definition) is 2. The summed E-state index contributed by atoms with van der Waals surface area (Å²) in [6, 6.07) is 4.77. The van der Waals surface area contributed by atoms with Gasteiger partial charge in [0.05, 0.1) is 22.7 Å². The fourth-order valence-corrected chi connectivity index (χ4v) is 3.33. The summed E-state index contributed by atoms with van der Waals surface area (Å²) in [6.07, 6.45) is -2.27. The minimum Gasteiger partial charge on any atom is -0.325 e. The summed E-state index contributed by atoms with van der Waals surface area (Å²) >= 11 is 0.981. The number of thioether (sulfide) groups is 1. The van der Waals surface area contributed by atoms with Crippen molar-refractivity contribution in [3.8, 4) is 0 Å². The van der Waals surface area contributed by atoms with Gasteiger partial charge in [0, 0.05) is 5.56 Å². The molecule has 5 nitrogen and oxygen atoms in total. The van der Waals surface area contributed by atoms with Gasteiger partial charge in [-0.15, -0.1) is 0 Å². The Labute approximate surface area is 145 Å². The van der Waals surface area contributed by atoms with E-state index < -0.39 is 17.6 Å². The molecule has 0 unspecified atom stereocenters. The molecule has 0 saturated heterocycles. The van der Waals surface area contributed by atoms with E-state index in [2.05, 4.69) is 15.3 Å². The molecule has 1 aromatic carbocycles. The van der Waals surface area contributed by atoms with Crippen LogP contribution in [0.3, 0.4) is 0 Å². The zero-order valence-electron chi connectivity index (χ0n) is 12.9. The van der Waals surface area contributed by atoms with Gasteiger partial charge in [0.1, 0.15) is 0 Å². The fourth-order valence-electron chi connectivity index (χ4n) is 2.65. The highest BCUT2D eigenvalue weighted by atomic mass is 32.2. The molecule has 1 aliphatic carbocycles. The minimum atomic E-state index is -4.55. The maximum Gasteiger partial charge on any atom is 0.418 e. The SMILES string of the molecule is O=C(CSc1nc2c(c(=O)[nH]1)CCC2)Nc1ccccc1C(F)(F)F. The summed E-state index contributed by atoms with van der Waals surface area (Å²) in [4.78, 5) is 30.7. The molecule has 0 spiro atoms. The van der Waals surface area contributed by atoms with Gasteiger partial charge in [-0.2, -0.15) is 13.2 Å². The number of aromatic amines is 1. The first-order valence-corrected chi connectivity index (χ1v) is 8.54. The third-order valence-corrected chi connectivity index (χ3v) is 4.64. The molecule has 1 aromatic heterocycles. The van der Waals surface area contributed by atoms with Crippen LogP contribution in [0.4, 0.5) is 18.9 Å². The number of aromatic nitrogens is 2. The highest BCUT2D eigenvalue weighted by Crippen LogP contribution is 2.34. The van der Waals surface area contributed by atoms with Crippen LogP contribution in [0, 0.1) is 0 Å². The number of H-pyrrole nitrogens is 1. The predicted molar refractivity (Wildman–Crippen MR) is 87.7 cm³/mol. The first kappa shape index (κ1) is 17.5. The highest BCUT2D eigenvalue weighted by molar-refractivity contribution is 7.99. The molecule has 0 fully saturated rings. The number of carbonyl (C=O) groups is 1. The topological polar surface area (TPSA) is 74.8 Å². The van der Waals surface area contributed by atoms with Gasteiger partial charge in [0.15, 0.2) is 5.16 Å². The van der Waals surface area contributed by atoms with E-state index in [1.54, 1.807) is 0 Å². The molecular weight excluding hydrogens is 355 g/mol. The van der Waals surface area contributed by atoms with Crippen molar-refractivity contribution in [2.24, 2.45) is 0 Å². The van der Waals surface area contributed by atoms with Crippen LogP contribution in [0.5, 0.6) is 0 Å². The first-order chi connectivity index (χ1) is 11.8. The van der Waals surface area contributed by atoms with E-state index in [9.17, 15) is 22.8 Å². The van der Waals surface area contributed by atoms with Crippen LogP contribution in [-0.4, -0.2) is 21.6 Å². The van der Waals surface area contributed by atoms with Crippen LogP contribution in [0.15, 0.2) is 34.2 Å². The van der Waals surface area contributed by atoms with Gasteiger partial charge in [0.2, 0.25) is 5.91 Å². The van der Waals surface area contributed by atoms with Gasteiger partial charge < -0.3 is 10.3 Å². The average Bonchev–Trinajstić information content (AvgIpc) is 3.01. The Hall–Kier alpha value is -2.29. The minimum absolute atomic E-state index is 0.159. The van der Waals surface area contributed by atoms with Crippen molar-refractivity contribution in [1.29, 1.82) is 0 Å². The van der Waals surface area contributed by atoms with Gasteiger partial charge in [-0.05, 0) is 31.4 Å². The van der Waals surface area contributed by atoms with E-state index in [1.165, 1.54) is 18.2 Å². The van der Waals surface area contributed by atoms with Crippen LogP contribution in [0.1, 0.15) is 23.2 Å². The normalized spacial score (nSPS) is 13.6. The van der Waals surface area contributed by atoms with Crippen molar-refractivity contribution in [2.75, 3.05) is 11.1 Å². The van der Waals surface area contributed by atoms with Gasteiger partial charge in [-0.1, -0.05) is 23.9 Å². The van der Waals surface area contributed by atoms with Crippen LogP contribution in [0.2, 0.25) is 0 Å². The molecule has 1 aliphatic rings. The zero-order valence-corrected chi connectivity index (χ0v) is 13.8. The van der Waals surface area contributed by atoms with Crippen molar-refractivity contribution in [3.05, 3.63) is 51.4 Å². The summed E-state index contributed by atoms with van der Waals surface area (Å²) in [5.74, 6) is -0.765.